The second kappa shape index (κ2) is 8.51. The maximum Gasteiger partial charge on any atom is 0.573 e. The second-order valence-electron chi connectivity index (χ2n) is 5.88. The molecule has 0 saturated carbocycles. The van der Waals surface area contributed by atoms with Gasteiger partial charge >= 0.3 is 6.36 Å². The quantitative estimate of drug-likeness (QED) is 0.641. The van der Waals surface area contributed by atoms with Crippen LogP contribution in [0, 0.1) is 0 Å². The zero-order chi connectivity index (χ0) is 20.9. The zero-order valence-electron chi connectivity index (χ0n) is 14.9. The Kier molecular flexibility index (Phi) is 5.87. The van der Waals surface area contributed by atoms with Crippen LogP contribution < -0.4 is 20.5 Å². The molecule has 3 N–H and O–H groups in total. The monoisotopic (exact) mass is 403 g/mol. The number of aromatic nitrogens is 1. The summed E-state index contributed by atoms with van der Waals surface area (Å²) >= 11 is 0. The van der Waals surface area contributed by atoms with E-state index in [1.165, 1.54) is 18.3 Å². The van der Waals surface area contributed by atoms with Gasteiger partial charge in [0, 0.05) is 12.7 Å². The summed E-state index contributed by atoms with van der Waals surface area (Å²) in [5.74, 6) is 0.330. The van der Waals surface area contributed by atoms with Crippen molar-refractivity contribution in [3.05, 3.63) is 78.0 Å². The van der Waals surface area contributed by atoms with Crippen molar-refractivity contribution in [3.63, 3.8) is 0 Å². The number of halogens is 3. The summed E-state index contributed by atoms with van der Waals surface area (Å²) in [6.07, 6.45) is -3.24. The average molecular weight is 403 g/mol. The Morgan fingerprint density at radius 2 is 1.55 bits per heavy atom. The van der Waals surface area contributed by atoms with Crippen LogP contribution in [0.4, 0.5) is 19.0 Å². The lowest BCUT2D eigenvalue weighted by molar-refractivity contribution is -0.274. The fourth-order valence-electron chi connectivity index (χ4n) is 2.41. The van der Waals surface area contributed by atoms with E-state index in [4.69, 9.17) is 10.5 Å². The molecule has 3 aromatic rings. The molecular formula is C20H16F3N3O3. The number of amides is 1. The molecule has 0 aliphatic heterocycles. The minimum Gasteiger partial charge on any atom is -0.457 e. The van der Waals surface area contributed by atoms with Crippen molar-refractivity contribution in [2.75, 3.05) is 5.73 Å². The Morgan fingerprint density at radius 3 is 2.14 bits per heavy atom. The number of carbonyl (C=O) groups is 1. The molecule has 150 valence electrons. The molecule has 0 bridgehead atoms. The molecule has 3 rings (SSSR count). The van der Waals surface area contributed by atoms with Crippen LogP contribution >= 0.6 is 0 Å². The number of anilines is 1. The molecule has 0 spiro atoms. The Labute approximate surface area is 164 Å². The fourth-order valence-corrected chi connectivity index (χ4v) is 2.41. The molecule has 29 heavy (non-hydrogen) atoms. The van der Waals surface area contributed by atoms with Crippen molar-refractivity contribution >= 4 is 11.7 Å². The maximum atomic E-state index is 12.2. The van der Waals surface area contributed by atoms with E-state index >= 15 is 0 Å². The summed E-state index contributed by atoms with van der Waals surface area (Å²) in [5.41, 5.74) is 6.79. The molecule has 9 heteroatoms. The highest BCUT2D eigenvalue weighted by atomic mass is 19.4. The van der Waals surface area contributed by atoms with Crippen molar-refractivity contribution in [1.29, 1.82) is 0 Å². The van der Waals surface area contributed by atoms with E-state index < -0.39 is 6.36 Å². The first-order valence-corrected chi connectivity index (χ1v) is 8.41. The van der Waals surface area contributed by atoms with Gasteiger partial charge in [0.25, 0.3) is 5.91 Å². The van der Waals surface area contributed by atoms with Gasteiger partial charge in [0.2, 0.25) is 0 Å². The highest BCUT2D eigenvalue weighted by Gasteiger charge is 2.30. The standard InChI is InChI=1S/C20H16F3N3O3/c21-20(22,23)29-16-9-7-15(8-10-16)28-14-5-3-13(4-6-14)12-26-19(27)17-2-1-11-25-18(17)24/h1-11H,12H2,(H2,24,25)(H,26,27). The van der Waals surface area contributed by atoms with E-state index in [9.17, 15) is 18.0 Å². The maximum absolute atomic E-state index is 12.2. The third-order valence-electron chi connectivity index (χ3n) is 3.75. The Balaban J connectivity index is 1.55. The number of rotatable bonds is 6. The van der Waals surface area contributed by atoms with Gasteiger partial charge in [0.05, 0.1) is 5.56 Å². The third kappa shape index (κ3) is 5.86. The normalized spacial score (nSPS) is 11.0. The van der Waals surface area contributed by atoms with E-state index in [1.807, 2.05) is 0 Å². The van der Waals surface area contributed by atoms with Crippen LogP contribution in [-0.4, -0.2) is 17.3 Å². The highest BCUT2D eigenvalue weighted by molar-refractivity contribution is 5.98. The molecule has 0 unspecified atom stereocenters. The molecule has 0 atom stereocenters. The first-order chi connectivity index (χ1) is 13.8. The van der Waals surface area contributed by atoms with Gasteiger partial charge < -0.3 is 20.5 Å². The number of pyridine rings is 1. The molecule has 0 aliphatic carbocycles. The summed E-state index contributed by atoms with van der Waals surface area (Å²) < 4.78 is 45.9. The molecule has 1 amide bonds. The molecule has 0 aliphatic rings. The number of nitrogens with one attached hydrogen (secondary N) is 1. The van der Waals surface area contributed by atoms with Gasteiger partial charge in [0.1, 0.15) is 23.1 Å². The highest BCUT2D eigenvalue weighted by Crippen LogP contribution is 2.27. The summed E-state index contributed by atoms with van der Waals surface area (Å²) in [6.45, 7) is 0.275. The lowest BCUT2D eigenvalue weighted by Gasteiger charge is -2.10. The van der Waals surface area contributed by atoms with Gasteiger partial charge in [-0.25, -0.2) is 4.98 Å². The topological polar surface area (TPSA) is 86.5 Å². The zero-order valence-corrected chi connectivity index (χ0v) is 14.9. The van der Waals surface area contributed by atoms with Gasteiger partial charge in [-0.1, -0.05) is 12.1 Å². The number of alkyl halides is 3. The van der Waals surface area contributed by atoms with Gasteiger partial charge in [-0.15, -0.1) is 13.2 Å². The predicted octanol–water partition coefficient (Wildman–Crippen LogP) is 4.28. The van der Waals surface area contributed by atoms with Crippen molar-refractivity contribution in [3.8, 4) is 17.2 Å². The Hall–Kier alpha value is -3.75. The smallest absolute Gasteiger partial charge is 0.457 e. The molecule has 2 aromatic carbocycles. The summed E-state index contributed by atoms with van der Waals surface area (Å²) in [6, 6.07) is 15.1. The van der Waals surface area contributed by atoms with Crippen molar-refractivity contribution < 1.29 is 27.4 Å². The van der Waals surface area contributed by atoms with Crippen LogP contribution in [0.25, 0.3) is 0 Å². The lowest BCUT2D eigenvalue weighted by Crippen LogP contribution is -2.24. The first kappa shape index (κ1) is 20.0. The Morgan fingerprint density at radius 1 is 0.966 bits per heavy atom. The number of carbonyl (C=O) groups excluding carboxylic acids is 1. The number of hydrogen-bond donors (Lipinski definition) is 2. The van der Waals surface area contributed by atoms with E-state index in [0.29, 0.717) is 17.1 Å². The van der Waals surface area contributed by atoms with E-state index in [2.05, 4.69) is 15.0 Å². The summed E-state index contributed by atoms with van der Waals surface area (Å²) in [4.78, 5) is 16.0. The minimum absolute atomic E-state index is 0.153. The van der Waals surface area contributed by atoms with Gasteiger partial charge in [-0.3, -0.25) is 4.79 Å². The van der Waals surface area contributed by atoms with Gasteiger partial charge in [0.15, 0.2) is 0 Å². The van der Waals surface area contributed by atoms with Gasteiger partial charge in [-0.05, 0) is 54.1 Å². The van der Waals surface area contributed by atoms with Crippen LogP contribution in [0.5, 0.6) is 17.2 Å². The van der Waals surface area contributed by atoms with Crippen molar-refractivity contribution in [2.24, 2.45) is 0 Å². The number of nitrogens with zero attached hydrogens (tertiary/aromatic N) is 1. The number of nitrogen functional groups attached to an aromatic ring is 1. The SMILES string of the molecule is Nc1ncccc1C(=O)NCc1ccc(Oc2ccc(OC(F)(F)F)cc2)cc1. The van der Waals surface area contributed by atoms with E-state index in [0.717, 1.165) is 17.7 Å². The van der Waals surface area contributed by atoms with E-state index in [-0.39, 0.29) is 24.0 Å². The van der Waals surface area contributed by atoms with Crippen molar-refractivity contribution in [1.82, 2.24) is 10.3 Å². The molecule has 0 fully saturated rings. The number of ether oxygens (including phenoxy) is 2. The second-order valence-corrected chi connectivity index (χ2v) is 5.88. The van der Waals surface area contributed by atoms with E-state index in [1.54, 1.807) is 36.4 Å². The molecular weight excluding hydrogens is 387 g/mol. The predicted molar refractivity (Wildman–Crippen MR) is 99.5 cm³/mol. The Bertz CT molecular complexity index is 975. The largest absolute Gasteiger partial charge is 0.573 e. The number of hydrogen-bond acceptors (Lipinski definition) is 5. The van der Waals surface area contributed by atoms with Gasteiger partial charge in [-0.2, -0.15) is 0 Å². The lowest BCUT2D eigenvalue weighted by atomic mass is 10.2. The molecule has 6 nitrogen and oxygen atoms in total. The van der Waals surface area contributed by atoms with Crippen LogP contribution in [0.3, 0.4) is 0 Å². The molecule has 0 radical (unpaired) electrons. The molecule has 0 saturated heterocycles. The van der Waals surface area contributed by atoms with Crippen LogP contribution in [0.15, 0.2) is 66.9 Å². The van der Waals surface area contributed by atoms with Crippen molar-refractivity contribution in [2.45, 2.75) is 12.9 Å². The summed E-state index contributed by atoms with van der Waals surface area (Å²) in [7, 11) is 0. The van der Waals surface area contributed by atoms with Crippen LogP contribution in [-0.2, 0) is 6.54 Å². The summed E-state index contributed by atoms with van der Waals surface area (Å²) in [5, 5.41) is 2.74. The first-order valence-electron chi connectivity index (χ1n) is 8.41. The van der Waals surface area contributed by atoms with Crippen LogP contribution in [0.1, 0.15) is 15.9 Å². The number of nitrogens with two attached hydrogens (primary N) is 1. The molecule has 1 heterocycles. The fraction of sp³-hybridized carbons (Fsp3) is 0.100. The third-order valence-corrected chi connectivity index (χ3v) is 3.75. The average Bonchev–Trinajstić information content (AvgIpc) is 2.68. The molecule has 1 aromatic heterocycles. The minimum atomic E-state index is -4.74. The van der Waals surface area contributed by atoms with Crippen LogP contribution in [0.2, 0.25) is 0 Å². The number of benzene rings is 2.